The van der Waals surface area contributed by atoms with Crippen LogP contribution in [0.2, 0.25) is 0 Å². The third kappa shape index (κ3) is 4.54. The van der Waals surface area contributed by atoms with E-state index in [0.29, 0.717) is 18.4 Å². The highest BCUT2D eigenvalue weighted by Crippen LogP contribution is 2.32. The summed E-state index contributed by atoms with van der Waals surface area (Å²) in [5.41, 5.74) is 6.23. The summed E-state index contributed by atoms with van der Waals surface area (Å²) in [5, 5.41) is 9.20. The van der Waals surface area contributed by atoms with Gasteiger partial charge in [-0.05, 0) is 40.7 Å². The average Bonchev–Trinajstić information content (AvgIpc) is 2.82. The monoisotopic (exact) mass is 436 g/mol. The van der Waals surface area contributed by atoms with Gasteiger partial charge in [-0.15, -0.1) is 0 Å². The number of carbonyl (C=O) groups is 1. The average molecular weight is 437 g/mol. The molecule has 1 atom stereocenters. The van der Waals surface area contributed by atoms with E-state index in [2.05, 4.69) is 0 Å². The van der Waals surface area contributed by atoms with Gasteiger partial charge >= 0.3 is 0 Å². The molecular formula is C24H24N2O4S. The summed E-state index contributed by atoms with van der Waals surface area (Å²) in [6.07, 6.45) is 0.861. The van der Waals surface area contributed by atoms with E-state index in [0.717, 1.165) is 22.3 Å². The number of nitrogens with one attached hydrogen (secondary N) is 1. The summed E-state index contributed by atoms with van der Waals surface area (Å²) in [5.74, 6) is -0.863. The zero-order valence-electron chi connectivity index (χ0n) is 16.9. The number of hydrogen-bond acceptors (Lipinski definition) is 4. The van der Waals surface area contributed by atoms with E-state index in [1.807, 2.05) is 66.7 Å². The Morgan fingerprint density at radius 3 is 2.29 bits per heavy atom. The van der Waals surface area contributed by atoms with E-state index < -0.39 is 22.0 Å². The maximum absolute atomic E-state index is 13.2. The minimum absolute atomic E-state index is 0.116. The van der Waals surface area contributed by atoms with Gasteiger partial charge in [0.25, 0.3) is 5.91 Å². The van der Waals surface area contributed by atoms with Crippen LogP contribution in [0.5, 0.6) is 0 Å². The third-order valence-corrected chi connectivity index (χ3v) is 7.49. The van der Waals surface area contributed by atoms with Crippen LogP contribution in [0, 0.1) is 0 Å². The minimum atomic E-state index is -3.73. The Morgan fingerprint density at radius 1 is 0.935 bits per heavy atom. The summed E-state index contributed by atoms with van der Waals surface area (Å²) in [6, 6.07) is 24.0. The number of sulfonamides is 1. The fourth-order valence-electron chi connectivity index (χ4n) is 4.03. The second kappa shape index (κ2) is 9.01. The molecular weight excluding hydrogens is 412 g/mol. The number of benzene rings is 3. The van der Waals surface area contributed by atoms with Gasteiger partial charge in [-0.3, -0.25) is 10.0 Å². The highest BCUT2D eigenvalue weighted by atomic mass is 32.2. The molecule has 2 N–H and O–H groups in total. The van der Waals surface area contributed by atoms with E-state index in [4.69, 9.17) is 0 Å². The molecule has 1 aliphatic rings. The third-order valence-electron chi connectivity index (χ3n) is 5.66. The number of hydroxylamine groups is 1. The molecule has 0 aliphatic carbocycles. The molecule has 0 aromatic heterocycles. The summed E-state index contributed by atoms with van der Waals surface area (Å²) in [6.45, 7) is 0.199. The van der Waals surface area contributed by atoms with Gasteiger partial charge in [-0.2, -0.15) is 4.31 Å². The SMILES string of the molecule is O=C(NO)[C@@H]1c2ccccc2CCN1S(=O)(=O)CCc1ccc(-c2ccccc2)cc1. The first kappa shape index (κ1) is 21.2. The number of carbonyl (C=O) groups excluding carboxylic acids is 1. The van der Waals surface area contributed by atoms with Crippen molar-refractivity contribution in [2.24, 2.45) is 0 Å². The predicted molar refractivity (Wildman–Crippen MR) is 119 cm³/mol. The Labute approximate surface area is 182 Å². The van der Waals surface area contributed by atoms with Crippen LogP contribution in [0.3, 0.4) is 0 Å². The van der Waals surface area contributed by atoms with Gasteiger partial charge < -0.3 is 0 Å². The first-order valence-electron chi connectivity index (χ1n) is 10.2. The summed E-state index contributed by atoms with van der Waals surface area (Å²) in [7, 11) is -3.73. The molecule has 1 amide bonds. The van der Waals surface area contributed by atoms with Crippen LogP contribution in [-0.2, 0) is 27.7 Å². The molecule has 0 saturated heterocycles. The van der Waals surface area contributed by atoms with Crippen molar-refractivity contribution in [2.75, 3.05) is 12.3 Å². The lowest BCUT2D eigenvalue weighted by molar-refractivity contribution is -0.133. The van der Waals surface area contributed by atoms with Crippen LogP contribution < -0.4 is 5.48 Å². The zero-order valence-corrected chi connectivity index (χ0v) is 17.8. The molecule has 3 aromatic rings. The lowest BCUT2D eigenvalue weighted by atomic mass is 9.94. The maximum atomic E-state index is 13.2. The number of amides is 1. The van der Waals surface area contributed by atoms with Crippen LogP contribution in [0.25, 0.3) is 11.1 Å². The van der Waals surface area contributed by atoms with Crippen molar-refractivity contribution in [3.05, 3.63) is 95.6 Å². The van der Waals surface area contributed by atoms with Gasteiger partial charge in [-0.25, -0.2) is 13.9 Å². The van der Waals surface area contributed by atoms with E-state index in [1.54, 1.807) is 17.6 Å². The number of fused-ring (bicyclic) bond motifs is 1. The lowest BCUT2D eigenvalue weighted by Crippen LogP contribution is -2.47. The maximum Gasteiger partial charge on any atom is 0.266 e. The normalized spacial score (nSPS) is 16.5. The largest absolute Gasteiger partial charge is 0.289 e. The van der Waals surface area contributed by atoms with Gasteiger partial charge in [0.05, 0.1) is 5.75 Å². The summed E-state index contributed by atoms with van der Waals surface area (Å²) in [4.78, 5) is 12.4. The standard InChI is InChI=1S/C24H24N2O4S/c27-24(25-28)23-22-9-5-4-8-21(22)14-16-26(23)31(29,30)17-15-18-10-12-20(13-11-18)19-6-2-1-3-7-19/h1-13,23,28H,14-17H2,(H,25,27)/t23-/m0/s1. The number of aryl methyl sites for hydroxylation is 1. The van der Waals surface area contributed by atoms with Crippen molar-refractivity contribution in [2.45, 2.75) is 18.9 Å². The quantitative estimate of drug-likeness (QED) is 0.458. The number of rotatable bonds is 6. The second-order valence-corrected chi connectivity index (χ2v) is 9.61. The second-order valence-electron chi connectivity index (χ2n) is 7.57. The van der Waals surface area contributed by atoms with Crippen LogP contribution in [0.1, 0.15) is 22.7 Å². The Balaban J connectivity index is 1.51. The van der Waals surface area contributed by atoms with E-state index >= 15 is 0 Å². The molecule has 31 heavy (non-hydrogen) atoms. The lowest BCUT2D eigenvalue weighted by Gasteiger charge is -2.34. The van der Waals surface area contributed by atoms with Crippen molar-refractivity contribution in [1.29, 1.82) is 0 Å². The molecule has 0 spiro atoms. The van der Waals surface area contributed by atoms with Crippen LogP contribution in [-0.4, -0.2) is 36.1 Å². The molecule has 0 unspecified atom stereocenters. The molecule has 0 saturated carbocycles. The Hall–Kier alpha value is -3.00. The van der Waals surface area contributed by atoms with E-state index in [-0.39, 0.29) is 12.3 Å². The number of nitrogens with zero attached hydrogens (tertiary/aromatic N) is 1. The molecule has 3 aromatic carbocycles. The first-order valence-corrected chi connectivity index (χ1v) is 11.8. The van der Waals surface area contributed by atoms with Crippen LogP contribution >= 0.6 is 0 Å². The zero-order chi connectivity index (χ0) is 21.8. The van der Waals surface area contributed by atoms with Crippen LogP contribution in [0.15, 0.2) is 78.9 Å². The van der Waals surface area contributed by atoms with E-state index in [1.165, 1.54) is 4.31 Å². The molecule has 6 nitrogen and oxygen atoms in total. The van der Waals surface area contributed by atoms with Crippen molar-refractivity contribution in [3.8, 4) is 11.1 Å². The molecule has 7 heteroatoms. The molecule has 1 heterocycles. The van der Waals surface area contributed by atoms with Gasteiger partial charge in [0, 0.05) is 6.54 Å². The van der Waals surface area contributed by atoms with Crippen molar-refractivity contribution >= 4 is 15.9 Å². The minimum Gasteiger partial charge on any atom is -0.289 e. The fraction of sp³-hybridized carbons (Fsp3) is 0.208. The molecule has 160 valence electrons. The predicted octanol–water partition coefficient (Wildman–Crippen LogP) is 3.33. The summed E-state index contributed by atoms with van der Waals surface area (Å²) >= 11 is 0. The molecule has 0 bridgehead atoms. The molecule has 1 aliphatic heterocycles. The van der Waals surface area contributed by atoms with Crippen LogP contribution in [0.4, 0.5) is 0 Å². The van der Waals surface area contributed by atoms with Gasteiger partial charge in [0.1, 0.15) is 6.04 Å². The Kier molecular flexibility index (Phi) is 6.18. The fourth-order valence-corrected chi connectivity index (χ4v) is 5.66. The first-order chi connectivity index (χ1) is 15.0. The van der Waals surface area contributed by atoms with Crippen molar-refractivity contribution in [1.82, 2.24) is 9.79 Å². The topological polar surface area (TPSA) is 86.7 Å². The Bertz CT molecular complexity index is 1160. The van der Waals surface area contributed by atoms with Crippen molar-refractivity contribution in [3.63, 3.8) is 0 Å². The van der Waals surface area contributed by atoms with Gasteiger partial charge in [0.2, 0.25) is 10.0 Å². The highest BCUT2D eigenvalue weighted by molar-refractivity contribution is 7.89. The molecule has 0 radical (unpaired) electrons. The smallest absolute Gasteiger partial charge is 0.266 e. The van der Waals surface area contributed by atoms with Gasteiger partial charge in [-0.1, -0.05) is 78.9 Å². The van der Waals surface area contributed by atoms with Crippen molar-refractivity contribution < 1.29 is 18.4 Å². The van der Waals surface area contributed by atoms with E-state index in [9.17, 15) is 18.4 Å². The van der Waals surface area contributed by atoms with Gasteiger partial charge in [0.15, 0.2) is 0 Å². The molecule has 4 rings (SSSR count). The number of hydrogen-bond donors (Lipinski definition) is 2. The molecule has 0 fully saturated rings. The summed E-state index contributed by atoms with van der Waals surface area (Å²) < 4.78 is 27.5. The highest BCUT2D eigenvalue weighted by Gasteiger charge is 2.39. The Morgan fingerprint density at radius 2 is 1.58 bits per heavy atom.